The molecule has 13 rings (SSSR count). The predicted octanol–water partition coefficient (Wildman–Crippen LogP) is 16.5. The molecule has 0 saturated carbocycles. The third kappa shape index (κ3) is 5.27. The second kappa shape index (κ2) is 13.6. The molecule has 0 amide bonds. The van der Waals surface area contributed by atoms with E-state index in [9.17, 15) is 0 Å². The van der Waals surface area contributed by atoms with Crippen LogP contribution in [0.2, 0.25) is 0 Å². The number of aromatic nitrogens is 1. The van der Waals surface area contributed by atoms with E-state index in [2.05, 4.69) is 210 Å². The van der Waals surface area contributed by atoms with Gasteiger partial charge in [-0.05, 0) is 94.7 Å². The van der Waals surface area contributed by atoms with Crippen molar-refractivity contribution in [3.05, 3.63) is 218 Å². The standard InChI is InChI=1S/C58H36N2O2/c1-2-13-40-36-43(33-24-37(40)12-1)59(41-29-25-38(26-30-41)44-18-11-19-49-47-16-5-9-22-54(47)61-57(44)49)53-35-34-50-48-17-6-10-23-55(48)62-58(50)56(53)39-27-31-42(32-28-39)60-51-20-7-3-14-45(51)46-15-4-8-21-52(46)60/h1-36H. The molecular weight excluding hydrogens is 757 g/mol. The van der Waals surface area contributed by atoms with Gasteiger partial charge in [-0.1, -0.05) is 146 Å². The molecule has 3 heterocycles. The Kier molecular flexibility index (Phi) is 7.57. The lowest BCUT2D eigenvalue weighted by Crippen LogP contribution is -2.11. The Labute approximate surface area is 356 Å². The van der Waals surface area contributed by atoms with Crippen molar-refractivity contribution in [3.63, 3.8) is 0 Å². The summed E-state index contributed by atoms with van der Waals surface area (Å²) in [6.07, 6.45) is 0. The first kappa shape index (κ1) is 34.5. The maximum atomic E-state index is 6.89. The van der Waals surface area contributed by atoms with Crippen molar-refractivity contribution >= 4 is 93.5 Å². The number of anilines is 3. The maximum absolute atomic E-state index is 6.89. The molecule has 0 fully saturated rings. The quantitative estimate of drug-likeness (QED) is 0.168. The average molecular weight is 793 g/mol. The molecule has 0 radical (unpaired) electrons. The highest BCUT2D eigenvalue weighted by atomic mass is 16.3. The smallest absolute Gasteiger partial charge is 0.145 e. The lowest BCUT2D eigenvalue weighted by molar-refractivity contribution is 0.669. The van der Waals surface area contributed by atoms with Crippen LogP contribution in [0.3, 0.4) is 0 Å². The lowest BCUT2D eigenvalue weighted by Gasteiger charge is -2.28. The summed E-state index contributed by atoms with van der Waals surface area (Å²) in [6, 6.07) is 78.0. The van der Waals surface area contributed by atoms with Gasteiger partial charge in [-0.25, -0.2) is 0 Å². The van der Waals surface area contributed by atoms with Gasteiger partial charge in [-0.2, -0.15) is 0 Å². The Morgan fingerprint density at radius 1 is 0.355 bits per heavy atom. The molecule has 4 nitrogen and oxygen atoms in total. The van der Waals surface area contributed by atoms with Crippen LogP contribution in [0.15, 0.2) is 227 Å². The van der Waals surface area contributed by atoms with Crippen LogP contribution in [-0.2, 0) is 0 Å². The van der Waals surface area contributed by atoms with E-state index >= 15 is 0 Å². The van der Waals surface area contributed by atoms with Gasteiger partial charge in [0.1, 0.15) is 22.3 Å². The number of rotatable bonds is 6. The van der Waals surface area contributed by atoms with E-state index in [1.165, 1.54) is 32.6 Å². The number of fused-ring (bicyclic) bond motifs is 10. The van der Waals surface area contributed by atoms with E-state index < -0.39 is 0 Å². The van der Waals surface area contributed by atoms with Crippen molar-refractivity contribution in [2.45, 2.75) is 0 Å². The normalized spacial score (nSPS) is 11.9. The van der Waals surface area contributed by atoms with E-state index in [0.29, 0.717) is 0 Å². The zero-order valence-corrected chi connectivity index (χ0v) is 33.5. The second-order valence-electron chi connectivity index (χ2n) is 16.0. The molecule has 0 aliphatic rings. The van der Waals surface area contributed by atoms with Crippen LogP contribution >= 0.6 is 0 Å². The van der Waals surface area contributed by atoms with E-state index in [0.717, 1.165) is 88.9 Å². The molecule has 0 aliphatic carbocycles. The van der Waals surface area contributed by atoms with Crippen molar-refractivity contribution in [3.8, 4) is 27.9 Å². The zero-order valence-electron chi connectivity index (χ0n) is 33.5. The number of benzene rings is 10. The third-order valence-electron chi connectivity index (χ3n) is 12.6. The molecule has 0 unspecified atom stereocenters. The molecule has 290 valence electrons. The van der Waals surface area contributed by atoms with Crippen molar-refractivity contribution in [1.82, 2.24) is 4.57 Å². The molecule has 62 heavy (non-hydrogen) atoms. The summed E-state index contributed by atoms with van der Waals surface area (Å²) in [5.74, 6) is 0. The number of para-hydroxylation sites is 5. The monoisotopic (exact) mass is 792 g/mol. The minimum atomic E-state index is 0.854. The first-order valence-electron chi connectivity index (χ1n) is 21.1. The predicted molar refractivity (Wildman–Crippen MR) is 258 cm³/mol. The van der Waals surface area contributed by atoms with Gasteiger partial charge in [-0.3, -0.25) is 0 Å². The highest BCUT2D eigenvalue weighted by Gasteiger charge is 2.24. The number of furan rings is 2. The van der Waals surface area contributed by atoms with E-state index in [4.69, 9.17) is 8.83 Å². The van der Waals surface area contributed by atoms with Crippen LogP contribution in [0.1, 0.15) is 0 Å². The van der Waals surface area contributed by atoms with E-state index in [1.54, 1.807) is 0 Å². The van der Waals surface area contributed by atoms with Crippen LogP contribution in [-0.4, -0.2) is 4.57 Å². The molecule has 0 bridgehead atoms. The summed E-state index contributed by atoms with van der Waals surface area (Å²) in [4.78, 5) is 2.38. The van der Waals surface area contributed by atoms with E-state index in [-0.39, 0.29) is 0 Å². The van der Waals surface area contributed by atoms with Crippen molar-refractivity contribution in [2.24, 2.45) is 0 Å². The van der Waals surface area contributed by atoms with Crippen LogP contribution in [0.25, 0.3) is 104 Å². The molecule has 10 aromatic carbocycles. The molecule has 0 saturated heterocycles. The molecular formula is C58H36N2O2. The van der Waals surface area contributed by atoms with Crippen LogP contribution in [0.4, 0.5) is 17.1 Å². The zero-order chi connectivity index (χ0) is 40.7. The Morgan fingerprint density at radius 3 is 1.61 bits per heavy atom. The van der Waals surface area contributed by atoms with Crippen LogP contribution in [0, 0.1) is 0 Å². The van der Waals surface area contributed by atoms with Gasteiger partial charge in [0.25, 0.3) is 0 Å². The summed E-state index contributed by atoms with van der Waals surface area (Å²) in [6.45, 7) is 0. The Balaban J connectivity index is 1.02. The van der Waals surface area contributed by atoms with Gasteiger partial charge in [0.05, 0.1) is 16.7 Å². The second-order valence-corrected chi connectivity index (χ2v) is 16.0. The molecule has 4 heteroatoms. The minimum Gasteiger partial charge on any atom is -0.455 e. The fourth-order valence-electron chi connectivity index (χ4n) is 9.73. The molecule has 0 atom stereocenters. The van der Waals surface area contributed by atoms with Crippen molar-refractivity contribution in [2.75, 3.05) is 4.90 Å². The average Bonchev–Trinajstić information content (AvgIpc) is 4.02. The van der Waals surface area contributed by atoms with Crippen LogP contribution in [0.5, 0.6) is 0 Å². The number of nitrogens with zero attached hydrogens (tertiary/aromatic N) is 2. The topological polar surface area (TPSA) is 34.5 Å². The minimum absolute atomic E-state index is 0.854. The molecule has 3 aromatic heterocycles. The summed E-state index contributed by atoms with van der Waals surface area (Å²) >= 11 is 0. The fraction of sp³-hybridized carbons (Fsp3) is 0. The summed E-state index contributed by atoms with van der Waals surface area (Å²) < 4.78 is 15.7. The Morgan fingerprint density at radius 2 is 0.903 bits per heavy atom. The fourth-order valence-corrected chi connectivity index (χ4v) is 9.73. The van der Waals surface area contributed by atoms with Gasteiger partial charge >= 0.3 is 0 Å². The van der Waals surface area contributed by atoms with Gasteiger partial charge in [0.15, 0.2) is 0 Å². The number of hydrogen-bond acceptors (Lipinski definition) is 3. The van der Waals surface area contributed by atoms with Crippen molar-refractivity contribution < 1.29 is 8.83 Å². The lowest BCUT2D eigenvalue weighted by atomic mass is 9.97. The summed E-state index contributed by atoms with van der Waals surface area (Å²) in [5, 5.41) is 9.27. The Bertz CT molecular complexity index is 3810. The molecule has 13 aromatic rings. The molecule has 0 N–H and O–H groups in total. The first-order valence-corrected chi connectivity index (χ1v) is 21.1. The van der Waals surface area contributed by atoms with Crippen molar-refractivity contribution in [1.29, 1.82) is 0 Å². The highest BCUT2D eigenvalue weighted by molar-refractivity contribution is 6.14. The highest BCUT2D eigenvalue weighted by Crippen LogP contribution is 2.48. The van der Waals surface area contributed by atoms with Crippen LogP contribution < -0.4 is 4.90 Å². The summed E-state index contributed by atoms with van der Waals surface area (Å²) in [7, 11) is 0. The molecule has 0 spiro atoms. The SMILES string of the molecule is c1ccc2cc(N(c3ccc(-c4cccc5c4oc4ccccc45)cc3)c3ccc4c(oc5ccccc54)c3-c3ccc(-n4c5ccccc5c5ccccc54)cc3)ccc2c1. The van der Waals surface area contributed by atoms with Gasteiger partial charge < -0.3 is 18.3 Å². The number of hydrogen-bond donors (Lipinski definition) is 0. The van der Waals surface area contributed by atoms with E-state index in [1.807, 2.05) is 18.2 Å². The van der Waals surface area contributed by atoms with Gasteiger partial charge in [0, 0.05) is 60.5 Å². The largest absolute Gasteiger partial charge is 0.455 e. The Hall–Kier alpha value is -8.34. The summed E-state index contributed by atoms with van der Waals surface area (Å²) in [5.41, 5.74) is 14.3. The van der Waals surface area contributed by atoms with Gasteiger partial charge in [0.2, 0.25) is 0 Å². The first-order chi connectivity index (χ1) is 30.7. The third-order valence-corrected chi connectivity index (χ3v) is 12.6. The van der Waals surface area contributed by atoms with Gasteiger partial charge in [-0.15, -0.1) is 0 Å². The maximum Gasteiger partial charge on any atom is 0.145 e. The molecule has 0 aliphatic heterocycles.